The van der Waals surface area contributed by atoms with Crippen molar-refractivity contribution in [1.29, 1.82) is 0 Å². The largest absolute Gasteiger partial charge is 0.335 e. The van der Waals surface area contributed by atoms with E-state index in [1.165, 1.54) is 5.56 Å². The standard InChI is InChI=1S/C20H20ClIN2O2/c1-2-14-3-5-15(6-4-14)19(25)23-9-11-24(12-10-23)20(26)17-13-16(21)7-8-18(17)22/h3-8,13H,2,9-12H2,1H3. The lowest BCUT2D eigenvalue weighted by molar-refractivity contribution is 0.0535. The van der Waals surface area contributed by atoms with Crippen molar-refractivity contribution in [2.45, 2.75) is 13.3 Å². The number of carbonyl (C=O) groups excluding carboxylic acids is 2. The second-order valence-electron chi connectivity index (χ2n) is 6.26. The Balaban J connectivity index is 1.64. The number of nitrogens with zero attached hydrogens (tertiary/aromatic N) is 2. The Kier molecular flexibility index (Phi) is 6.19. The Morgan fingerprint density at radius 1 is 0.962 bits per heavy atom. The van der Waals surface area contributed by atoms with E-state index in [0.29, 0.717) is 42.3 Å². The highest BCUT2D eigenvalue weighted by molar-refractivity contribution is 14.1. The lowest BCUT2D eigenvalue weighted by Gasteiger charge is -2.35. The molecule has 1 aliphatic rings. The molecule has 2 aromatic carbocycles. The van der Waals surface area contributed by atoms with Gasteiger partial charge in [-0.25, -0.2) is 0 Å². The van der Waals surface area contributed by atoms with Crippen molar-refractivity contribution in [3.8, 4) is 0 Å². The fraction of sp³-hybridized carbons (Fsp3) is 0.300. The number of amides is 2. The molecule has 1 saturated heterocycles. The Morgan fingerprint density at radius 3 is 2.12 bits per heavy atom. The summed E-state index contributed by atoms with van der Waals surface area (Å²) in [4.78, 5) is 29.0. The summed E-state index contributed by atoms with van der Waals surface area (Å²) in [7, 11) is 0. The van der Waals surface area contributed by atoms with Gasteiger partial charge < -0.3 is 9.80 Å². The van der Waals surface area contributed by atoms with Gasteiger partial charge in [-0.2, -0.15) is 0 Å². The number of halogens is 2. The van der Waals surface area contributed by atoms with E-state index in [9.17, 15) is 9.59 Å². The normalized spacial score (nSPS) is 14.4. The Labute approximate surface area is 172 Å². The van der Waals surface area contributed by atoms with Crippen molar-refractivity contribution in [2.24, 2.45) is 0 Å². The third-order valence-electron chi connectivity index (χ3n) is 4.62. The molecular weight excluding hydrogens is 463 g/mol. The molecule has 0 bridgehead atoms. The smallest absolute Gasteiger partial charge is 0.255 e. The van der Waals surface area contributed by atoms with Crippen LogP contribution in [0.2, 0.25) is 5.02 Å². The zero-order chi connectivity index (χ0) is 18.7. The van der Waals surface area contributed by atoms with Crippen LogP contribution in [0.5, 0.6) is 0 Å². The van der Waals surface area contributed by atoms with Crippen LogP contribution < -0.4 is 0 Å². The van der Waals surface area contributed by atoms with Crippen LogP contribution in [0.15, 0.2) is 42.5 Å². The molecule has 3 rings (SSSR count). The highest BCUT2D eigenvalue weighted by Crippen LogP contribution is 2.20. The van der Waals surface area contributed by atoms with Gasteiger partial charge in [0.15, 0.2) is 0 Å². The summed E-state index contributed by atoms with van der Waals surface area (Å²) in [6.07, 6.45) is 0.956. The van der Waals surface area contributed by atoms with Gasteiger partial charge in [0.1, 0.15) is 0 Å². The van der Waals surface area contributed by atoms with Crippen molar-refractivity contribution < 1.29 is 9.59 Å². The van der Waals surface area contributed by atoms with Crippen molar-refractivity contribution in [1.82, 2.24) is 9.80 Å². The number of aryl methyl sites for hydroxylation is 1. The summed E-state index contributed by atoms with van der Waals surface area (Å²) in [6.45, 7) is 4.23. The van der Waals surface area contributed by atoms with E-state index in [1.54, 1.807) is 17.0 Å². The molecule has 6 heteroatoms. The molecule has 1 fully saturated rings. The molecule has 0 aliphatic carbocycles. The van der Waals surface area contributed by atoms with Gasteiger partial charge in [-0.1, -0.05) is 30.7 Å². The fourth-order valence-electron chi connectivity index (χ4n) is 3.01. The third-order valence-corrected chi connectivity index (χ3v) is 5.80. The monoisotopic (exact) mass is 482 g/mol. The minimum Gasteiger partial charge on any atom is -0.335 e. The molecule has 0 spiro atoms. The quantitative estimate of drug-likeness (QED) is 0.618. The number of piperazine rings is 1. The molecule has 0 saturated carbocycles. The van der Waals surface area contributed by atoms with Crippen LogP contribution in [0.1, 0.15) is 33.2 Å². The van der Waals surface area contributed by atoms with Crippen molar-refractivity contribution in [2.75, 3.05) is 26.2 Å². The number of benzene rings is 2. The predicted molar refractivity (Wildman–Crippen MR) is 112 cm³/mol. The Hall–Kier alpha value is -1.60. The summed E-state index contributed by atoms with van der Waals surface area (Å²) in [5, 5.41) is 0.554. The molecule has 1 aliphatic heterocycles. The molecule has 136 valence electrons. The average molecular weight is 483 g/mol. The first-order chi connectivity index (χ1) is 12.5. The molecule has 2 aromatic rings. The minimum absolute atomic E-state index is 0.0251. The van der Waals surface area contributed by atoms with Crippen LogP contribution in [0.3, 0.4) is 0 Å². The Morgan fingerprint density at radius 2 is 1.54 bits per heavy atom. The van der Waals surface area contributed by atoms with Crippen molar-refractivity contribution in [3.05, 3.63) is 67.7 Å². The lowest BCUT2D eigenvalue weighted by atomic mass is 10.1. The van der Waals surface area contributed by atoms with Crippen LogP contribution in [0.4, 0.5) is 0 Å². The number of carbonyl (C=O) groups is 2. The molecule has 1 heterocycles. The fourth-order valence-corrected chi connectivity index (χ4v) is 3.75. The van der Waals surface area contributed by atoms with Crippen LogP contribution in [-0.4, -0.2) is 47.8 Å². The van der Waals surface area contributed by atoms with E-state index in [1.807, 2.05) is 35.2 Å². The van der Waals surface area contributed by atoms with E-state index < -0.39 is 0 Å². The van der Waals surface area contributed by atoms with E-state index >= 15 is 0 Å². The molecule has 0 N–H and O–H groups in total. The predicted octanol–water partition coefficient (Wildman–Crippen LogP) is 4.11. The molecule has 0 unspecified atom stereocenters. The lowest BCUT2D eigenvalue weighted by Crippen LogP contribution is -2.50. The average Bonchev–Trinajstić information content (AvgIpc) is 2.69. The van der Waals surface area contributed by atoms with Gasteiger partial charge in [0.25, 0.3) is 11.8 Å². The molecule has 0 radical (unpaired) electrons. The number of hydrogen-bond donors (Lipinski definition) is 0. The van der Waals surface area contributed by atoms with Gasteiger partial charge in [-0.3, -0.25) is 9.59 Å². The van der Waals surface area contributed by atoms with Crippen LogP contribution >= 0.6 is 34.2 Å². The van der Waals surface area contributed by atoms with Gasteiger partial charge in [-0.05, 0) is 64.9 Å². The van der Waals surface area contributed by atoms with Gasteiger partial charge >= 0.3 is 0 Å². The summed E-state index contributed by atoms with van der Waals surface area (Å²) in [5.41, 5.74) is 2.53. The molecule has 4 nitrogen and oxygen atoms in total. The molecule has 0 atom stereocenters. The summed E-state index contributed by atoms with van der Waals surface area (Å²) in [5.74, 6) is -0.00612. The summed E-state index contributed by atoms with van der Waals surface area (Å²) >= 11 is 8.17. The topological polar surface area (TPSA) is 40.6 Å². The molecule has 2 amide bonds. The Bertz CT molecular complexity index is 815. The molecule has 26 heavy (non-hydrogen) atoms. The first kappa shape index (κ1) is 19.2. The zero-order valence-electron chi connectivity index (χ0n) is 14.5. The van der Waals surface area contributed by atoms with E-state index in [2.05, 4.69) is 29.5 Å². The van der Waals surface area contributed by atoms with E-state index in [4.69, 9.17) is 11.6 Å². The maximum absolute atomic E-state index is 12.7. The van der Waals surface area contributed by atoms with Crippen molar-refractivity contribution in [3.63, 3.8) is 0 Å². The SMILES string of the molecule is CCc1ccc(C(=O)N2CCN(C(=O)c3cc(Cl)ccc3I)CC2)cc1. The second kappa shape index (κ2) is 8.39. The second-order valence-corrected chi connectivity index (χ2v) is 7.86. The van der Waals surface area contributed by atoms with Crippen LogP contribution in [0.25, 0.3) is 0 Å². The highest BCUT2D eigenvalue weighted by atomic mass is 127. The summed E-state index contributed by atoms with van der Waals surface area (Å²) in [6, 6.07) is 13.1. The van der Waals surface area contributed by atoms with Crippen LogP contribution in [-0.2, 0) is 6.42 Å². The molecule has 0 aromatic heterocycles. The zero-order valence-corrected chi connectivity index (χ0v) is 17.5. The third kappa shape index (κ3) is 4.20. The van der Waals surface area contributed by atoms with Gasteiger partial charge in [-0.15, -0.1) is 0 Å². The van der Waals surface area contributed by atoms with E-state index in [-0.39, 0.29) is 11.8 Å². The summed E-state index contributed by atoms with van der Waals surface area (Å²) < 4.78 is 0.881. The van der Waals surface area contributed by atoms with Crippen molar-refractivity contribution >= 4 is 46.0 Å². The first-order valence-corrected chi connectivity index (χ1v) is 10.1. The first-order valence-electron chi connectivity index (χ1n) is 8.62. The van der Waals surface area contributed by atoms with Gasteiger partial charge in [0.05, 0.1) is 5.56 Å². The maximum Gasteiger partial charge on any atom is 0.255 e. The highest BCUT2D eigenvalue weighted by Gasteiger charge is 2.26. The van der Waals surface area contributed by atoms with E-state index in [0.717, 1.165) is 9.99 Å². The van der Waals surface area contributed by atoms with Gasteiger partial charge in [0.2, 0.25) is 0 Å². The van der Waals surface area contributed by atoms with Crippen LogP contribution in [0, 0.1) is 3.57 Å². The van der Waals surface area contributed by atoms with Gasteiger partial charge in [0, 0.05) is 40.3 Å². The maximum atomic E-state index is 12.7. The number of rotatable bonds is 3. The number of hydrogen-bond acceptors (Lipinski definition) is 2. The molecular formula is C20H20ClIN2O2. The minimum atomic E-state index is -0.0312.